The largest absolute Gasteiger partial charge is 0.592 e. The van der Waals surface area contributed by atoms with Gasteiger partial charge >= 0.3 is 43.6 Å². The van der Waals surface area contributed by atoms with Crippen molar-refractivity contribution in [3.63, 3.8) is 0 Å². The van der Waals surface area contributed by atoms with Gasteiger partial charge in [-0.25, -0.2) is 0 Å². The lowest BCUT2D eigenvalue weighted by molar-refractivity contribution is 0.334. The van der Waals surface area contributed by atoms with Gasteiger partial charge in [0.2, 0.25) is 0 Å². The molecule has 6 aliphatic heterocycles. The highest BCUT2D eigenvalue weighted by molar-refractivity contribution is 7.80. The third kappa shape index (κ3) is 16.2. The normalized spacial score (nSPS) is 15.5. The van der Waals surface area contributed by atoms with Crippen molar-refractivity contribution in [2.75, 3.05) is 26.0 Å². The highest BCUT2D eigenvalue weighted by Gasteiger charge is 2.75. The molecule has 6 heterocycles. The van der Waals surface area contributed by atoms with Crippen molar-refractivity contribution in [2.24, 2.45) is 0 Å². The van der Waals surface area contributed by atoms with Crippen molar-refractivity contribution in [1.82, 2.24) is 0 Å². The first kappa shape index (κ1) is 89.5. The van der Waals surface area contributed by atoms with Gasteiger partial charge in [0.05, 0.1) is 14.2 Å². The maximum atomic E-state index is 7.92. The molecule has 0 unspecified atom stereocenters. The summed E-state index contributed by atoms with van der Waals surface area (Å²) in [6.07, 6.45) is 0. The number of ether oxygens (including phenoxy) is 2. The van der Waals surface area contributed by atoms with Crippen LogP contribution in [0.1, 0.15) is 205 Å². The standard InChI is InChI=1S/C55H62O8P2.C55H62O6P2/c1-30-17-34(5)48-40(21-30)41-22-31(2)18-35(6)49(41)59-64(58-48)29-65(60-50-36(7)19-32(3)23-42(50)43-24-33(4)20-37(8)51(43)61-65)63-53-45(26-39(57-16)28-47(53)55(12,13)14)44-25-38(56-15)27-46(52(44)62-64)54(9,10)11;1-30-17-36(7)48-40(21-30)41-22-31(2)18-37(8)49(41)57-62(56-48)29-63(59-51-39(10)20-33(4)24-43(51)42-23-32(3)19-38(9)50(42)58-62)60-52-44(25-34(5)27-46(52)54(11,12)13)45-26-35(6)28-47(53(45)61-63)55(14,15)16/h17-28H,29H2,1-16H3;17-28H,29H2,1-16H3/q2*+2. The molecular weight excluding hydrogens is 1670 g/mol. The van der Waals surface area contributed by atoms with E-state index in [0.29, 0.717) is 57.5 Å². The second-order valence-corrected chi connectivity index (χ2v) is 50.3. The van der Waals surface area contributed by atoms with Gasteiger partial charge in [0.1, 0.15) is 11.5 Å². The molecule has 0 saturated heterocycles. The van der Waals surface area contributed by atoms with Gasteiger partial charge in [-0.15, -0.1) is 0 Å². The van der Waals surface area contributed by atoms with Crippen molar-refractivity contribution in [1.29, 1.82) is 0 Å². The van der Waals surface area contributed by atoms with E-state index in [0.717, 1.165) is 212 Å². The maximum Gasteiger partial charge on any atom is 0.592 e. The molecule has 4 spiro atoms. The van der Waals surface area contributed by atoms with E-state index in [1.54, 1.807) is 14.2 Å². The zero-order valence-corrected chi connectivity index (χ0v) is 84.4. The van der Waals surface area contributed by atoms with E-state index in [1.807, 2.05) is 12.1 Å². The summed E-state index contributed by atoms with van der Waals surface area (Å²) in [6.45, 7) is 64.7. The Hall–Kier alpha value is -10.4. The van der Waals surface area contributed by atoms with E-state index in [2.05, 4.69) is 341 Å². The number of hydrogen-bond donors (Lipinski definition) is 0. The first-order chi connectivity index (χ1) is 59.9. The van der Waals surface area contributed by atoms with Crippen molar-refractivity contribution in [3.8, 4) is 147 Å². The van der Waals surface area contributed by atoms with Crippen molar-refractivity contribution < 1.29 is 63.8 Å². The average Bonchev–Trinajstić information content (AvgIpc) is 1.56. The van der Waals surface area contributed by atoms with Crippen molar-refractivity contribution >= 4 is 31.8 Å². The summed E-state index contributed by atoms with van der Waals surface area (Å²) in [4.78, 5) is 0. The van der Waals surface area contributed by atoms with Crippen LogP contribution < -0.4 is 63.8 Å². The molecular formula is C110H124O14P4+4. The van der Waals surface area contributed by atoms with Gasteiger partial charge in [0, 0.05) is 89.0 Å². The molecule has 0 saturated carbocycles. The van der Waals surface area contributed by atoms with E-state index in [9.17, 15) is 0 Å². The monoisotopic (exact) mass is 1790 g/mol. The molecule has 664 valence electrons. The average molecular weight is 1790 g/mol. The quantitative estimate of drug-likeness (QED) is 0.152. The van der Waals surface area contributed by atoms with Gasteiger partial charge in [-0.05, 0) is 331 Å². The first-order valence-electron chi connectivity index (χ1n) is 44.5. The summed E-state index contributed by atoms with van der Waals surface area (Å²) >= 11 is 0. The Balaban J connectivity index is 0.000000180. The smallest absolute Gasteiger partial charge is 0.497 e. The molecule has 0 amide bonds. The Morgan fingerprint density at radius 1 is 0.180 bits per heavy atom. The van der Waals surface area contributed by atoms with Crippen LogP contribution in [0.25, 0.3) is 66.8 Å². The summed E-state index contributed by atoms with van der Waals surface area (Å²) < 4.78 is 106. The number of rotatable bonds is 2. The fourth-order valence-electron chi connectivity index (χ4n) is 19.3. The first-order valence-corrected chi connectivity index (χ1v) is 51.4. The minimum absolute atomic E-state index is 0.0247. The molecule has 0 atom stereocenters. The number of methoxy groups -OCH3 is 2. The van der Waals surface area contributed by atoms with Gasteiger partial charge in [-0.1, -0.05) is 144 Å². The van der Waals surface area contributed by atoms with Crippen molar-refractivity contribution in [3.05, 3.63) is 268 Å². The van der Waals surface area contributed by atoms with Gasteiger partial charge < -0.3 is 9.47 Å². The molecule has 0 bridgehead atoms. The molecule has 0 aliphatic carbocycles. The van der Waals surface area contributed by atoms with Gasteiger partial charge in [-0.2, -0.15) is 0 Å². The summed E-state index contributed by atoms with van der Waals surface area (Å²) in [7, 11) is -11.9. The molecule has 6 aliphatic rings. The van der Waals surface area contributed by atoms with Gasteiger partial charge in [-0.3, -0.25) is 54.3 Å². The molecule has 14 nitrogen and oxygen atoms in total. The van der Waals surface area contributed by atoms with Gasteiger partial charge in [0.25, 0.3) is 0 Å². The summed E-state index contributed by atoms with van der Waals surface area (Å²) in [6, 6.07) is 52.0. The molecule has 12 aromatic rings. The Kier molecular flexibility index (Phi) is 22.2. The van der Waals surface area contributed by atoms with E-state index < -0.39 is 42.6 Å². The fraction of sp³-hybridized carbons (Fsp3) is 0.345. The third-order valence-electron chi connectivity index (χ3n) is 24.8. The van der Waals surface area contributed by atoms with Crippen LogP contribution in [0, 0.1) is 125 Å². The predicted octanol–water partition coefficient (Wildman–Crippen LogP) is 32.5. The summed E-state index contributed by atoms with van der Waals surface area (Å²) in [5.41, 5.74) is 32.2. The van der Waals surface area contributed by atoms with Crippen LogP contribution in [-0.4, -0.2) is 26.0 Å². The zero-order chi connectivity index (χ0) is 92.0. The SMILES string of the molecule is COc1cc2c(c(C(C)(C)C)c1)O[P+]1(C[P+]3(Oc4c(C)cc(C)cc4-c4cc(C)cc(C)c4O3)Oc3c-2cc(OC)cc3C(C)(C)C)Oc2c(C)cc(C)cc2-c2cc(C)cc(C)c2O1.Cc1cc(C)c2c(c1)-c1cc(C)cc(C)c1O[P+]1(C[P+]3(Oc4c(C)cc(C)cc4-c4cc(C)cc(C)c4O1)Oc1c(cc(C)cc1C(C)(C)C)-c1cc(C)cc(C(C)(C)C)c1O3)O2. The molecule has 18 heteroatoms. The minimum atomic E-state index is -3.85. The van der Waals surface area contributed by atoms with Crippen LogP contribution in [0.3, 0.4) is 0 Å². The Morgan fingerprint density at radius 3 is 0.469 bits per heavy atom. The second-order valence-electron chi connectivity index (χ2n) is 41.0. The van der Waals surface area contributed by atoms with Crippen molar-refractivity contribution in [2.45, 2.75) is 229 Å². The predicted molar refractivity (Wildman–Crippen MR) is 529 cm³/mol. The number of fused-ring (bicyclic) bond motifs is 18. The van der Waals surface area contributed by atoms with Crippen LogP contribution in [0.15, 0.2) is 146 Å². The number of aryl methyl sites for hydroxylation is 18. The molecule has 0 N–H and O–H groups in total. The van der Waals surface area contributed by atoms with Crippen LogP contribution >= 0.6 is 31.8 Å². The molecule has 128 heavy (non-hydrogen) atoms. The second kappa shape index (κ2) is 31.7. The lowest BCUT2D eigenvalue weighted by Gasteiger charge is -2.29. The topological polar surface area (TPSA) is 129 Å². The van der Waals surface area contributed by atoms with E-state index in [1.165, 1.54) is 0 Å². The van der Waals surface area contributed by atoms with E-state index in [4.69, 9.17) is 63.8 Å². The summed E-state index contributed by atoms with van der Waals surface area (Å²) in [5.74, 6) is 9.57. The Morgan fingerprint density at radius 2 is 0.312 bits per heavy atom. The molecule has 0 aromatic heterocycles. The lowest BCUT2D eigenvalue weighted by atomic mass is 9.80. The van der Waals surface area contributed by atoms with Crippen LogP contribution in [0.4, 0.5) is 0 Å². The Bertz CT molecular complexity index is 6210. The Labute approximate surface area is 761 Å². The third-order valence-corrected chi connectivity index (χ3v) is 35.9. The summed E-state index contributed by atoms with van der Waals surface area (Å²) in [5, 5.41) is 0. The minimum Gasteiger partial charge on any atom is -0.497 e. The van der Waals surface area contributed by atoms with E-state index in [-0.39, 0.29) is 22.6 Å². The molecule has 0 radical (unpaired) electrons. The van der Waals surface area contributed by atoms with Gasteiger partial charge in [0.15, 0.2) is 69.0 Å². The zero-order valence-electron chi connectivity index (χ0n) is 80.8. The maximum absolute atomic E-state index is 7.92. The van der Waals surface area contributed by atoms with Crippen LogP contribution in [0.2, 0.25) is 0 Å². The highest BCUT2D eigenvalue weighted by atomic mass is 31.3. The highest BCUT2D eigenvalue weighted by Crippen LogP contribution is 2.83. The molecule has 18 rings (SSSR count). The number of benzene rings is 12. The lowest BCUT2D eigenvalue weighted by Crippen LogP contribution is -2.27. The van der Waals surface area contributed by atoms with E-state index >= 15 is 0 Å². The number of hydrogen-bond acceptors (Lipinski definition) is 14. The fourth-order valence-corrected chi connectivity index (χ4v) is 32.0. The molecule has 12 aromatic carbocycles. The van der Waals surface area contributed by atoms with Crippen LogP contribution in [0.5, 0.6) is 80.5 Å². The molecule has 0 fully saturated rings. The van der Waals surface area contributed by atoms with Crippen LogP contribution in [-0.2, 0) is 21.7 Å².